The maximum absolute atomic E-state index is 12.4. The Morgan fingerprint density at radius 3 is 1.40 bits per heavy atom. The number of amides is 4. The van der Waals surface area contributed by atoms with E-state index in [0.717, 1.165) is 57.7 Å². The van der Waals surface area contributed by atoms with Crippen molar-refractivity contribution in [2.45, 2.75) is 65.7 Å². The first-order chi connectivity index (χ1) is 50.8. The molecule has 0 radical (unpaired) electrons. The maximum Gasteiger partial charge on any atom is 0.283 e. The molecule has 4 N–H and O–H groups in total. The van der Waals surface area contributed by atoms with Crippen molar-refractivity contribution in [1.82, 2.24) is 40.8 Å². The number of benzene rings is 7. The van der Waals surface area contributed by atoms with E-state index in [0.29, 0.717) is 115 Å². The molecule has 0 atom stereocenters. The van der Waals surface area contributed by atoms with E-state index in [1.165, 1.54) is 30.6 Å². The van der Waals surface area contributed by atoms with Gasteiger partial charge < -0.3 is 47.2 Å². The van der Waals surface area contributed by atoms with E-state index in [4.69, 9.17) is 31.2 Å². The number of hydrogen-bond acceptors (Lipinski definition) is 21. The lowest BCUT2D eigenvalue weighted by atomic mass is 9.84. The van der Waals surface area contributed by atoms with Crippen LogP contribution < -0.4 is 26.0 Å². The number of rotatable bonds is 19. The highest BCUT2D eigenvalue weighted by molar-refractivity contribution is 7.15. The van der Waals surface area contributed by atoms with E-state index in [1.54, 1.807) is 171 Å². The number of ketones is 1. The van der Waals surface area contributed by atoms with Crippen molar-refractivity contribution in [3.05, 3.63) is 269 Å². The third-order valence-corrected chi connectivity index (χ3v) is 17.3. The second-order valence-electron chi connectivity index (χ2n) is 23.7. The fourth-order valence-corrected chi connectivity index (χ4v) is 11.4. The molecule has 0 unspecified atom stereocenters. The monoisotopic (exact) mass is 1410 g/mol. The number of carbonyl (C=O) groups is 5. The Bertz CT molecular complexity index is 5140. The van der Waals surface area contributed by atoms with Gasteiger partial charge in [-0.3, -0.25) is 29.3 Å². The van der Waals surface area contributed by atoms with Crippen molar-refractivity contribution in [3.63, 3.8) is 0 Å². The number of aromatic nitrogens is 8. The number of hydrogen-bond donors (Lipinski definition) is 4. The molecule has 7 heterocycles. The number of furan rings is 3. The zero-order valence-electron chi connectivity index (χ0n) is 56.8. The zero-order chi connectivity index (χ0) is 72.2. The summed E-state index contributed by atoms with van der Waals surface area (Å²) < 4.78 is 37.7. The number of anilines is 4. The lowest BCUT2D eigenvalue weighted by molar-refractivity contribution is -0.123. The minimum Gasteiger partial charge on any atom is -0.497 e. The van der Waals surface area contributed by atoms with E-state index < -0.39 is 0 Å². The highest BCUT2D eigenvalue weighted by atomic mass is 32.1. The Balaban J connectivity index is 0.000000130. The van der Waals surface area contributed by atoms with Crippen LogP contribution in [0.25, 0.3) is 69.3 Å². The summed E-state index contributed by atoms with van der Waals surface area (Å²) in [6.45, 7) is 5.81. The Morgan fingerprint density at radius 1 is 0.442 bits per heavy atom. The van der Waals surface area contributed by atoms with Gasteiger partial charge in [0.15, 0.2) is 17.3 Å². The minimum absolute atomic E-state index is 0.153. The van der Waals surface area contributed by atoms with Crippen LogP contribution in [0, 0.1) is 19.8 Å². The SMILES string of the molecule is CCc1nnc(NC(=O)c2ccc(C)c(NC(=O)c3ccccc3)c2)s1.COc1cccc(C(=O)Nc2ccc(-c3nnc(-c4ccco4)o3)cc2)c1.Cc1cccc(C(=O)Nc2ccc(-c3nnc(-c4ccco4)o3)cc2)c1.O=C(Cc1ccc(-c2nnc(-c3ccco3)o2)cc1)C1CCCCC1. The minimum atomic E-state index is -0.293. The van der Waals surface area contributed by atoms with Crippen molar-refractivity contribution >= 4 is 62.9 Å². The summed E-state index contributed by atoms with van der Waals surface area (Å²) in [6.07, 6.45) is 11.7. The second-order valence-corrected chi connectivity index (χ2v) is 24.7. The molecule has 7 aromatic carbocycles. The van der Waals surface area contributed by atoms with Gasteiger partial charge in [-0.1, -0.05) is 97.7 Å². The molecule has 24 nitrogen and oxygen atoms in total. The topological polar surface area (TPSA) is 325 Å². The number of nitrogens with zero attached hydrogens (tertiary/aromatic N) is 8. The van der Waals surface area contributed by atoms with Crippen LogP contribution in [0.5, 0.6) is 5.75 Å². The molecule has 1 aliphatic rings. The number of ether oxygens (including phenoxy) is 1. The molecule has 7 aromatic heterocycles. The number of carbonyl (C=O) groups excluding carboxylic acids is 5. The van der Waals surface area contributed by atoms with Gasteiger partial charge in [0, 0.05) is 68.3 Å². The standard InChI is InChI=1S/C20H15N3O4.C20H15N3O3.C20H20N2O3.C19H18N4O2S/c1-25-16-5-2-4-14(12-16)18(24)21-15-9-7-13(8-10-15)19-22-23-20(27-19)17-6-3-11-26-17;1-13-4-2-5-15(12-13)18(24)21-16-9-7-14(8-10-16)19-22-23-20(26-19)17-6-3-11-25-17;23-17(15-5-2-1-3-6-15)13-14-8-10-16(11-9-14)19-21-22-20(25-19)18-7-4-12-24-18;1-3-16-22-23-19(26-16)21-18(25)14-10-9-12(2)15(11-14)20-17(24)13-7-5-4-6-8-13/h2-12H,1H3,(H,21,24);2-12H,1H3,(H,21,24);4,7-12,15H,1-3,5-6,13H2;4-11H,3H2,1-2H3,(H,20,24)(H,21,23,25). The normalized spacial score (nSPS) is 11.7. The zero-order valence-corrected chi connectivity index (χ0v) is 57.6. The Morgan fingerprint density at radius 2 is 0.913 bits per heavy atom. The van der Waals surface area contributed by atoms with E-state index in [9.17, 15) is 24.0 Å². The predicted octanol–water partition coefficient (Wildman–Crippen LogP) is 17.4. The molecule has 0 saturated heterocycles. The average Bonchev–Trinajstić information content (AvgIpc) is 1.18. The van der Waals surface area contributed by atoms with Crippen LogP contribution in [-0.4, -0.2) is 77.3 Å². The molecule has 4 amide bonds. The molecule has 1 fully saturated rings. The van der Waals surface area contributed by atoms with Crippen LogP contribution >= 0.6 is 11.3 Å². The van der Waals surface area contributed by atoms with Gasteiger partial charge in [-0.15, -0.1) is 40.8 Å². The fraction of sp³-hybridized carbons (Fsp3) is 0.152. The number of Topliss-reactive ketones (excluding diaryl/α,β-unsaturated/α-hetero) is 1. The van der Waals surface area contributed by atoms with Gasteiger partial charge in [-0.25, -0.2) is 0 Å². The summed E-state index contributed by atoms with van der Waals surface area (Å²) >= 11 is 1.35. The van der Waals surface area contributed by atoms with Crippen molar-refractivity contribution in [2.75, 3.05) is 28.4 Å². The van der Waals surface area contributed by atoms with Gasteiger partial charge in [0.1, 0.15) is 16.5 Å². The molecular formula is C79H68N12O12S. The van der Waals surface area contributed by atoms with Gasteiger partial charge in [0.2, 0.25) is 22.8 Å². The first kappa shape index (κ1) is 70.6. The molecule has 14 aromatic rings. The lowest BCUT2D eigenvalue weighted by Crippen LogP contribution is -2.19. The van der Waals surface area contributed by atoms with Crippen LogP contribution in [0.3, 0.4) is 0 Å². The van der Waals surface area contributed by atoms with Crippen molar-refractivity contribution < 1.29 is 55.2 Å². The molecule has 0 spiro atoms. The van der Waals surface area contributed by atoms with Crippen LogP contribution in [0.4, 0.5) is 22.2 Å². The Labute approximate surface area is 600 Å². The quantitative estimate of drug-likeness (QED) is 0.0584. The highest BCUT2D eigenvalue weighted by Gasteiger charge is 2.23. The molecule has 1 saturated carbocycles. The Kier molecular flexibility index (Phi) is 23.2. The molecule has 25 heteroatoms. The number of methoxy groups -OCH3 is 1. The summed E-state index contributed by atoms with van der Waals surface area (Å²) in [6, 6.07) is 61.1. The van der Waals surface area contributed by atoms with E-state index >= 15 is 0 Å². The van der Waals surface area contributed by atoms with Crippen LogP contribution in [0.2, 0.25) is 0 Å². The van der Waals surface area contributed by atoms with E-state index in [1.807, 2.05) is 81.4 Å². The first-order valence-electron chi connectivity index (χ1n) is 33.2. The Hall–Kier alpha value is -13.3. The average molecular weight is 1410 g/mol. The van der Waals surface area contributed by atoms with Gasteiger partial charge in [-0.05, 0) is 196 Å². The highest BCUT2D eigenvalue weighted by Crippen LogP contribution is 2.31. The van der Waals surface area contributed by atoms with Gasteiger partial charge in [-0.2, -0.15) is 0 Å². The molecule has 522 valence electrons. The molecule has 104 heavy (non-hydrogen) atoms. The summed E-state index contributed by atoms with van der Waals surface area (Å²) in [4.78, 5) is 61.8. The smallest absolute Gasteiger partial charge is 0.283 e. The van der Waals surface area contributed by atoms with E-state index in [2.05, 4.69) is 62.1 Å². The summed E-state index contributed by atoms with van der Waals surface area (Å²) in [7, 11) is 1.56. The summed E-state index contributed by atoms with van der Waals surface area (Å²) in [5.41, 5.74) is 9.32. The van der Waals surface area contributed by atoms with Crippen LogP contribution in [-0.2, 0) is 17.6 Å². The van der Waals surface area contributed by atoms with Crippen molar-refractivity contribution in [1.29, 1.82) is 0 Å². The lowest BCUT2D eigenvalue weighted by Gasteiger charge is -2.20. The molecule has 0 bridgehead atoms. The molecule has 15 rings (SSSR count). The third-order valence-electron chi connectivity index (χ3n) is 16.3. The van der Waals surface area contributed by atoms with Gasteiger partial charge in [0.05, 0.1) is 25.9 Å². The predicted molar refractivity (Wildman–Crippen MR) is 390 cm³/mol. The molecule has 1 aliphatic carbocycles. The second kappa shape index (κ2) is 34.2. The summed E-state index contributed by atoms with van der Waals surface area (Å²) in [5, 5.41) is 44.6. The van der Waals surface area contributed by atoms with Crippen LogP contribution in [0.15, 0.2) is 252 Å². The maximum atomic E-state index is 12.4. The largest absolute Gasteiger partial charge is 0.497 e. The summed E-state index contributed by atoms with van der Waals surface area (Å²) in [5.74, 6) is 4.11. The van der Waals surface area contributed by atoms with Crippen molar-refractivity contribution in [2.24, 2.45) is 5.92 Å². The number of aryl methyl sites for hydroxylation is 3. The third kappa shape index (κ3) is 18.8. The molecule has 0 aliphatic heterocycles. The first-order valence-corrected chi connectivity index (χ1v) is 34.0. The van der Waals surface area contributed by atoms with Crippen LogP contribution in [0.1, 0.15) is 102 Å². The van der Waals surface area contributed by atoms with E-state index in [-0.39, 0.29) is 29.5 Å². The van der Waals surface area contributed by atoms with Crippen molar-refractivity contribution in [3.8, 4) is 75.1 Å². The van der Waals surface area contributed by atoms with Gasteiger partial charge >= 0.3 is 0 Å². The molecular weight excluding hydrogens is 1340 g/mol. The van der Waals surface area contributed by atoms with Gasteiger partial charge in [0.25, 0.3) is 41.3 Å². The fourth-order valence-electron chi connectivity index (χ4n) is 10.7. The number of nitrogens with one attached hydrogen (secondary N) is 4.